The van der Waals surface area contributed by atoms with Gasteiger partial charge in [0.2, 0.25) is 0 Å². The van der Waals surface area contributed by atoms with Crippen LogP contribution in [-0.2, 0) is 20.9 Å². The van der Waals surface area contributed by atoms with E-state index in [4.69, 9.17) is 4.74 Å². The number of likely N-dealkylation sites (N-methyl/N-ethyl adjacent to an activating group) is 1. The highest BCUT2D eigenvalue weighted by Crippen LogP contribution is 2.27. The molecule has 1 atom stereocenters. The monoisotopic (exact) mass is 422 g/mol. The Bertz CT molecular complexity index is 909. The Labute approximate surface area is 171 Å². The van der Waals surface area contributed by atoms with Gasteiger partial charge in [0.25, 0.3) is 18.8 Å². The van der Waals surface area contributed by atoms with Gasteiger partial charge in [0.1, 0.15) is 5.82 Å². The summed E-state index contributed by atoms with van der Waals surface area (Å²) in [4.78, 5) is 35.0. The molecule has 1 unspecified atom stereocenters. The predicted molar refractivity (Wildman–Crippen MR) is 101 cm³/mol. The average molecular weight is 422 g/mol. The van der Waals surface area contributed by atoms with Crippen LogP contribution in [-0.4, -0.2) is 64.9 Å². The molecule has 30 heavy (non-hydrogen) atoms. The van der Waals surface area contributed by atoms with Crippen LogP contribution >= 0.6 is 0 Å². The molecule has 1 aliphatic rings. The largest absolute Gasteiger partial charge is 0.453 e. The first-order valence-corrected chi connectivity index (χ1v) is 9.34. The van der Waals surface area contributed by atoms with Crippen LogP contribution in [0.5, 0.6) is 0 Å². The second-order valence-electron chi connectivity index (χ2n) is 7.03. The molecular weight excluding hydrogens is 401 g/mol. The van der Waals surface area contributed by atoms with Crippen molar-refractivity contribution in [1.29, 1.82) is 0 Å². The number of halogens is 3. The molecule has 1 amide bonds. The standard InChI is InChI=1S/C20H21F3N4O3/c1-26(11-18(30-12-28)20(29)27-5-2-6-27)10-14-8-24-9-17(25-14)13-3-4-16(21)15(7-13)19(22)23/h3-4,7-9,12,18-19H,2,5-6,10-11H2,1H3. The topological polar surface area (TPSA) is 75.6 Å². The molecule has 0 saturated carbocycles. The molecule has 0 radical (unpaired) electrons. The number of nitrogens with zero attached hydrogens (tertiary/aromatic N) is 4. The summed E-state index contributed by atoms with van der Waals surface area (Å²) in [5, 5.41) is 0. The smallest absolute Gasteiger partial charge is 0.293 e. The van der Waals surface area contributed by atoms with E-state index in [1.54, 1.807) is 16.8 Å². The highest BCUT2D eigenvalue weighted by atomic mass is 19.3. The van der Waals surface area contributed by atoms with Crippen molar-refractivity contribution < 1.29 is 27.5 Å². The van der Waals surface area contributed by atoms with Gasteiger partial charge in [-0.25, -0.2) is 18.2 Å². The van der Waals surface area contributed by atoms with Gasteiger partial charge in [-0.15, -0.1) is 0 Å². The minimum absolute atomic E-state index is 0.159. The molecule has 1 aromatic carbocycles. The van der Waals surface area contributed by atoms with Gasteiger partial charge in [0.05, 0.1) is 23.1 Å². The number of alkyl halides is 2. The third-order valence-corrected chi connectivity index (χ3v) is 4.78. The Morgan fingerprint density at radius 3 is 2.73 bits per heavy atom. The maximum absolute atomic E-state index is 13.5. The second kappa shape index (κ2) is 9.66. The molecular formula is C20H21F3N4O3. The molecule has 2 heterocycles. The predicted octanol–water partition coefficient (Wildman–Crippen LogP) is 2.43. The molecule has 2 aromatic rings. The van der Waals surface area contributed by atoms with Crippen LogP contribution in [0, 0.1) is 5.82 Å². The summed E-state index contributed by atoms with van der Waals surface area (Å²) in [6.07, 6.45) is -0.0307. The van der Waals surface area contributed by atoms with Crippen LogP contribution in [0.4, 0.5) is 13.2 Å². The van der Waals surface area contributed by atoms with Crippen molar-refractivity contribution >= 4 is 12.4 Å². The first kappa shape index (κ1) is 21.7. The van der Waals surface area contributed by atoms with E-state index in [-0.39, 0.29) is 25.5 Å². The molecule has 1 aromatic heterocycles. The van der Waals surface area contributed by atoms with Gasteiger partial charge >= 0.3 is 0 Å². The number of rotatable bonds is 9. The Morgan fingerprint density at radius 2 is 2.10 bits per heavy atom. The molecule has 1 saturated heterocycles. The quantitative estimate of drug-likeness (QED) is 0.578. The van der Waals surface area contributed by atoms with Crippen LogP contribution in [0.15, 0.2) is 30.6 Å². The Morgan fingerprint density at radius 1 is 1.33 bits per heavy atom. The van der Waals surface area contributed by atoms with E-state index < -0.39 is 23.9 Å². The number of likely N-dealkylation sites (tertiary alicyclic amines) is 1. The molecule has 1 fully saturated rings. The minimum Gasteiger partial charge on any atom is -0.453 e. The molecule has 0 spiro atoms. The first-order valence-electron chi connectivity index (χ1n) is 9.34. The summed E-state index contributed by atoms with van der Waals surface area (Å²) < 4.78 is 44.4. The number of hydrogen-bond acceptors (Lipinski definition) is 6. The van der Waals surface area contributed by atoms with Gasteiger partial charge in [-0.3, -0.25) is 19.5 Å². The third kappa shape index (κ3) is 5.12. The maximum atomic E-state index is 13.5. The first-order chi connectivity index (χ1) is 14.4. The summed E-state index contributed by atoms with van der Waals surface area (Å²) in [5.41, 5.74) is 0.452. The van der Waals surface area contributed by atoms with Gasteiger partial charge in [-0.2, -0.15) is 0 Å². The van der Waals surface area contributed by atoms with E-state index in [0.717, 1.165) is 18.6 Å². The van der Waals surface area contributed by atoms with E-state index in [2.05, 4.69) is 9.97 Å². The van der Waals surface area contributed by atoms with Crippen molar-refractivity contribution in [3.05, 3.63) is 47.7 Å². The zero-order valence-electron chi connectivity index (χ0n) is 16.3. The summed E-state index contributed by atoms with van der Waals surface area (Å²) in [6, 6.07) is 3.38. The molecule has 0 bridgehead atoms. The average Bonchev–Trinajstić information content (AvgIpc) is 2.66. The van der Waals surface area contributed by atoms with E-state index in [1.165, 1.54) is 18.5 Å². The molecule has 1 aliphatic heterocycles. The number of aromatic nitrogens is 2. The lowest BCUT2D eigenvalue weighted by Gasteiger charge is -2.34. The summed E-state index contributed by atoms with van der Waals surface area (Å²) >= 11 is 0. The van der Waals surface area contributed by atoms with Crippen molar-refractivity contribution in [3.8, 4) is 11.3 Å². The highest BCUT2D eigenvalue weighted by molar-refractivity contribution is 5.82. The molecule has 7 nitrogen and oxygen atoms in total. The van der Waals surface area contributed by atoms with Crippen LogP contribution in [0.3, 0.4) is 0 Å². The third-order valence-electron chi connectivity index (χ3n) is 4.78. The van der Waals surface area contributed by atoms with Crippen molar-refractivity contribution in [3.63, 3.8) is 0 Å². The van der Waals surface area contributed by atoms with Crippen molar-refractivity contribution in [2.45, 2.75) is 25.5 Å². The normalized spacial score (nSPS) is 14.5. The maximum Gasteiger partial charge on any atom is 0.293 e. The van der Waals surface area contributed by atoms with E-state index in [1.807, 2.05) is 0 Å². The molecule has 0 N–H and O–H groups in total. The van der Waals surface area contributed by atoms with Gasteiger partial charge in [-0.1, -0.05) is 0 Å². The molecule has 10 heteroatoms. The van der Waals surface area contributed by atoms with Gasteiger partial charge < -0.3 is 9.64 Å². The molecule has 3 rings (SSSR count). The number of amides is 1. The lowest BCUT2D eigenvalue weighted by Crippen LogP contribution is -2.50. The Balaban J connectivity index is 1.70. The van der Waals surface area contributed by atoms with Crippen LogP contribution in [0.1, 0.15) is 24.1 Å². The highest BCUT2D eigenvalue weighted by Gasteiger charge is 2.30. The van der Waals surface area contributed by atoms with Crippen LogP contribution in [0.2, 0.25) is 0 Å². The number of ether oxygens (including phenoxy) is 1. The molecule has 160 valence electrons. The van der Waals surface area contributed by atoms with E-state index in [0.29, 0.717) is 30.0 Å². The Hall–Kier alpha value is -3.01. The van der Waals surface area contributed by atoms with Crippen molar-refractivity contribution in [2.75, 3.05) is 26.7 Å². The number of hydrogen-bond donors (Lipinski definition) is 0. The zero-order chi connectivity index (χ0) is 21.7. The van der Waals surface area contributed by atoms with Crippen LogP contribution in [0.25, 0.3) is 11.3 Å². The second-order valence-corrected chi connectivity index (χ2v) is 7.03. The lowest BCUT2D eigenvalue weighted by molar-refractivity contribution is -0.155. The SMILES string of the molecule is CN(Cc1cncc(-c2ccc(F)c(C(F)F)c2)n1)CC(OC=O)C(=O)N1CCC1. The number of carbonyl (C=O) groups excluding carboxylic acids is 2. The van der Waals surface area contributed by atoms with E-state index >= 15 is 0 Å². The summed E-state index contributed by atoms with van der Waals surface area (Å²) in [5.74, 6) is -1.23. The summed E-state index contributed by atoms with van der Waals surface area (Å²) in [7, 11) is 1.73. The van der Waals surface area contributed by atoms with Crippen molar-refractivity contribution in [1.82, 2.24) is 19.8 Å². The van der Waals surface area contributed by atoms with Crippen molar-refractivity contribution in [2.24, 2.45) is 0 Å². The van der Waals surface area contributed by atoms with Gasteiger partial charge in [-0.05, 0) is 31.7 Å². The fourth-order valence-corrected chi connectivity index (χ4v) is 3.10. The Kier molecular flexibility index (Phi) is 6.99. The van der Waals surface area contributed by atoms with Gasteiger partial charge in [0.15, 0.2) is 6.10 Å². The van der Waals surface area contributed by atoms with E-state index in [9.17, 15) is 22.8 Å². The fraction of sp³-hybridized carbons (Fsp3) is 0.400. The minimum atomic E-state index is -2.94. The summed E-state index contributed by atoms with van der Waals surface area (Å²) in [6.45, 7) is 1.98. The van der Waals surface area contributed by atoms with Gasteiger partial charge in [0, 0.05) is 37.9 Å². The van der Waals surface area contributed by atoms with Crippen LogP contribution < -0.4 is 0 Å². The fourth-order valence-electron chi connectivity index (χ4n) is 3.10. The molecule has 0 aliphatic carbocycles. The zero-order valence-corrected chi connectivity index (χ0v) is 16.3. The number of carbonyl (C=O) groups is 2. The lowest BCUT2D eigenvalue weighted by atomic mass is 10.1. The number of benzene rings is 1.